The molecule has 0 saturated carbocycles. The summed E-state index contributed by atoms with van der Waals surface area (Å²) < 4.78 is 12.0. The highest BCUT2D eigenvalue weighted by Crippen LogP contribution is 2.12. The molecule has 0 bridgehead atoms. The van der Waals surface area contributed by atoms with Crippen molar-refractivity contribution in [2.45, 2.75) is 18.6 Å². The van der Waals surface area contributed by atoms with Crippen molar-refractivity contribution >= 4 is 0 Å². The number of azide groups is 1. The standard InChI is InChI=1S/C5H9N3O2/c6-8-7-3-5-4(9)1-2-10-5/h4-5,9H,1-3H2/t4-,5-/m1/s1/i2T/t2?,4-,5-. The van der Waals surface area contributed by atoms with E-state index >= 15 is 0 Å². The van der Waals surface area contributed by atoms with Crippen molar-refractivity contribution in [1.82, 2.24) is 0 Å². The van der Waals surface area contributed by atoms with E-state index in [1.54, 1.807) is 0 Å². The van der Waals surface area contributed by atoms with Gasteiger partial charge < -0.3 is 9.84 Å². The summed E-state index contributed by atoms with van der Waals surface area (Å²) in [6.45, 7) is -0.573. The van der Waals surface area contributed by atoms with E-state index in [0.29, 0.717) is 6.42 Å². The van der Waals surface area contributed by atoms with Gasteiger partial charge in [-0.05, 0) is 12.0 Å². The molecule has 0 amide bonds. The number of hydrogen-bond acceptors (Lipinski definition) is 3. The Morgan fingerprint density at radius 1 is 2.00 bits per heavy atom. The van der Waals surface area contributed by atoms with Crippen molar-refractivity contribution in [3.8, 4) is 0 Å². The number of aliphatic hydroxyl groups excluding tert-OH is 1. The Labute approximate surface area is 59.6 Å². The number of nitrogens with zero attached hydrogens (tertiary/aromatic N) is 3. The van der Waals surface area contributed by atoms with Crippen molar-refractivity contribution in [3.05, 3.63) is 10.4 Å². The van der Waals surface area contributed by atoms with E-state index in [9.17, 15) is 0 Å². The van der Waals surface area contributed by atoms with E-state index in [1.165, 1.54) is 0 Å². The number of ether oxygens (including phenoxy) is 1. The van der Waals surface area contributed by atoms with Gasteiger partial charge in [-0.15, -0.1) is 0 Å². The molecule has 1 aliphatic heterocycles. The fourth-order valence-electron chi connectivity index (χ4n) is 0.802. The number of hydrogen-bond donors (Lipinski definition) is 1. The number of rotatable bonds is 2. The van der Waals surface area contributed by atoms with Crippen LogP contribution in [-0.2, 0) is 4.74 Å². The van der Waals surface area contributed by atoms with E-state index in [1.807, 2.05) is 0 Å². The highest BCUT2D eigenvalue weighted by Gasteiger charge is 2.24. The molecule has 0 aromatic heterocycles. The molecular formula is C5H9N3O2. The molecule has 5 nitrogen and oxygen atoms in total. The first-order valence-electron chi connectivity index (χ1n) is 3.58. The highest BCUT2D eigenvalue weighted by atomic mass is 16.5. The zero-order valence-corrected chi connectivity index (χ0v) is 5.34. The first-order valence-corrected chi connectivity index (χ1v) is 3.00. The maximum atomic E-state index is 9.16. The van der Waals surface area contributed by atoms with E-state index in [-0.39, 0.29) is 6.54 Å². The van der Waals surface area contributed by atoms with Gasteiger partial charge in [0.05, 0.1) is 20.1 Å². The Morgan fingerprint density at radius 3 is 3.30 bits per heavy atom. The van der Waals surface area contributed by atoms with Gasteiger partial charge in [0.15, 0.2) is 0 Å². The summed E-state index contributed by atoms with van der Waals surface area (Å²) in [7, 11) is 0. The molecule has 1 saturated heterocycles. The molecule has 1 heterocycles. The molecule has 1 aliphatic rings. The quantitative estimate of drug-likeness (QED) is 0.347. The predicted molar refractivity (Wildman–Crippen MR) is 34.4 cm³/mol. The first kappa shape index (κ1) is 5.97. The van der Waals surface area contributed by atoms with Gasteiger partial charge in [-0.3, -0.25) is 0 Å². The molecule has 56 valence electrons. The second-order valence-electron chi connectivity index (χ2n) is 2.06. The van der Waals surface area contributed by atoms with Gasteiger partial charge in [-0.25, -0.2) is 0 Å². The third-order valence-electron chi connectivity index (χ3n) is 1.36. The summed E-state index contributed by atoms with van der Waals surface area (Å²) in [4.78, 5) is 2.53. The third kappa shape index (κ3) is 1.60. The third-order valence-corrected chi connectivity index (χ3v) is 1.36. The molecule has 1 rings (SSSR count). The van der Waals surface area contributed by atoms with Gasteiger partial charge in [0.2, 0.25) is 0 Å². The lowest BCUT2D eigenvalue weighted by Gasteiger charge is -2.08. The molecule has 5 heteroatoms. The summed E-state index contributed by atoms with van der Waals surface area (Å²) in [5, 5.41) is 12.4. The Balaban J connectivity index is 2.40. The van der Waals surface area contributed by atoms with Gasteiger partial charge in [0, 0.05) is 11.5 Å². The van der Waals surface area contributed by atoms with Crippen molar-refractivity contribution in [1.29, 1.82) is 0 Å². The van der Waals surface area contributed by atoms with Crippen molar-refractivity contribution in [3.63, 3.8) is 0 Å². The van der Waals surface area contributed by atoms with E-state index in [4.69, 9.17) is 16.7 Å². The molecule has 10 heavy (non-hydrogen) atoms. The monoisotopic (exact) mass is 145 g/mol. The molecule has 1 fully saturated rings. The maximum absolute atomic E-state index is 9.16. The SMILES string of the molecule is [3H]C1C[C@@H](O)[C@@H](CN=[N+]=[N-])O1. The lowest BCUT2D eigenvalue weighted by atomic mass is 10.2. The summed E-state index contributed by atoms with van der Waals surface area (Å²) in [5.41, 5.74) is 7.95. The zero-order chi connectivity index (χ0) is 8.27. The summed E-state index contributed by atoms with van der Waals surface area (Å²) in [6, 6.07) is 0. The van der Waals surface area contributed by atoms with Crippen LogP contribution in [0.15, 0.2) is 5.11 Å². The van der Waals surface area contributed by atoms with Crippen LogP contribution in [0.5, 0.6) is 0 Å². The van der Waals surface area contributed by atoms with Gasteiger partial charge >= 0.3 is 0 Å². The molecule has 1 N–H and O–H groups in total. The Kier molecular flexibility index (Phi) is 2.04. The molecule has 3 atom stereocenters. The topological polar surface area (TPSA) is 78.2 Å². The van der Waals surface area contributed by atoms with Crippen LogP contribution in [0.3, 0.4) is 0 Å². The largest absolute Gasteiger partial charge is 0.390 e. The first-order chi connectivity index (χ1) is 5.24. The van der Waals surface area contributed by atoms with E-state index in [0.717, 1.165) is 0 Å². The van der Waals surface area contributed by atoms with Crippen LogP contribution < -0.4 is 0 Å². The normalized spacial score (nSPS) is 40.5. The van der Waals surface area contributed by atoms with Gasteiger partial charge in [0.25, 0.3) is 0 Å². The smallest absolute Gasteiger partial charge is 0.0891 e. The summed E-state index contributed by atoms with van der Waals surface area (Å²) in [6.07, 6.45) is -0.859. The molecule has 0 radical (unpaired) electrons. The zero-order valence-electron chi connectivity index (χ0n) is 6.34. The molecule has 0 spiro atoms. The molecule has 1 unspecified atom stereocenters. The number of aliphatic hydroxyl groups is 1. The lowest BCUT2D eigenvalue weighted by molar-refractivity contribution is 0.0488. The molecule has 0 aromatic carbocycles. The average Bonchev–Trinajstić information content (AvgIpc) is 2.26. The van der Waals surface area contributed by atoms with E-state index < -0.39 is 18.8 Å². The van der Waals surface area contributed by atoms with Crippen LogP contribution in [-0.4, -0.2) is 30.4 Å². The van der Waals surface area contributed by atoms with Crippen LogP contribution >= 0.6 is 0 Å². The minimum absolute atomic E-state index is 0.104. The van der Waals surface area contributed by atoms with Crippen molar-refractivity contribution in [2.75, 3.05) is 13.1 Å². The van der Waals surface area contributed by atoms with Gasteiger partial charge in [-0.2, -0.15) is 0 Å². The Morgan fingerprint density at radius 2 is 2.80 bits per heavy atom. The van der Waals surface area contributed by atoms with Crippen LogP contribution in [0.1, 0.15) is 7.79 Å². The maximum Gasteiger partial charge on any atom is 0.0891 e. The van der Waals surface area contributed by atoms with Crippen LogP contribution in [0, 0.1) is 0 Å². The van der Waals surface area contributed by atoms with Gasteiger partial charge in [-0.1, -0.05) is 5.11 Å². The van der Waals surface area contributed by atoms with Crippen molar-refractivity contribution < 1.29 is 11.2 Å². The second kappa shape index (κ2) is 3.41. The summed E-state index contributed by atoms with van der Waals surface area (Å²) in [5.74, 6) is 0. The second-order valence-corrected chi connectivity index (χ2v) is 2.06. The minimum Gasteiger partial charge on any atom is -0.390 e. The van der Waals surface area contributed by atoms with Crippen LogP contribution in [0.4, 0.5) is 0 Å². The molecule has 0 aromatic rings. The van der Waals surface area contributed by atoms with Crippen LogP contribution in [0.2, 0.25) is 0 Å². The summed E-state index contributed by atoms with van der Waals surface area (Å²) >= 11 is 0. The minimum atomic E-state index is -0.677. The van der Waals surface area contributed by atoms with E-state index in [2.05, 4.69) is 10.0 Å². The fraction of sp³-hybridized carbons (Fsp3) is 1.00. The lowest BCUT2D eigenvalue weighted by Crippen LogP contribution is -2.23. The van der Waals surface area contributed by atoms with Crippen molar-refractivity contribution in [2.24, 2.45) is 5.11 Å². The highest BCUT2D eigenvalue weighted by molar-refractivity contribution is 4.76. The average molecular weight is 145 g/mol. The van der Waals surface area contributed by atoms with Crippen LogP contribution in [0.25, 0.3) is 10.4 Å². The molecule has 0 aliphatic carbocycles. The van der Waals surface area contributed by atoms with Gasteiger partial charge in [0.1, 0.15) is 0 Å². The molecular weight excluding hydrogens is 134 g/mol. The Hall–Kier alpha value is -0.770. The predicted octanol–water partition coefficient (Wildman–Crippen LogP) is 0.447. The Bertz CT molecular complexity index is 183. The fourth-order valence-corrected chi connectivity index (χ4v) is 0.802.